The lowest BCUT2D eigenvalue weighted by molar-refractivity contribution is -0.194. The van der Waals surface area contributed by atoms with Crippen LogP contribution in [-0.4, -0.2) is 11.7 Å². The Balaban J connectivity index is 1.90. The lowest BCUT2D eigenvalue weighted by Gasteiger charge is -2.51. The zero-order chi connectivity index (χ0) is 12.0. The van der Waals surface area contributed by atoms with Gasteiger partial charge in [0.15, 0.2) is 4.98 Å². The number of carbonyl (C=O) groups excluding carboxylic acids is 1. The van der Waals surface area contributed by atoms with Crippen LogP contribution >= 0.6 is 0 Å². The first-order valence-corrected chi connectivity index (χ1v) is 6.76. The fourth-order valence-corrected chi connectivity index (χ4v) is 4.46. The monoisotopic (exact) mass is 235 g/mol. The van der Waals surface area contributed by atoms with Crippen molar-refractivity contribution < 1.29 is 9.53 Å². The van der Waals surface area contributed by atoms with Crippen LogP contribution in [0.5, 0.6) is 0 Å². The third-order valence-electron chi connectivity index (χ3n) is 5.03. The molecule has 0 saturated heterocycles. The van der Waals surface area contributed by atoms with Crippen molar-refractivity contribution >= 4 is 5.97 Å². The fourth-order valence-electron chi connectivity index (χ4n) is 4.46. The van der Waals surface area contributed by atoms with Gasteiger partial charge in [0.2, 0.25) is 5.39 Å². The first-order valence-electron chi connectivity index (χ1n) is 6.76. The minimum absolute atomic E-state index is 0.240. The fraction of sp³-hybridized carbons (Fsp3) is 0.923. The van der Waals surface area contributed by atoms with Crippen LogP contribution in [0.2, 0.25) is 0 Å². The van der Waals surface area contributed by atoms with E-state index in [4.69, 9.17) is 4.74 Å². The number of diazo groups is 1. The minimum atomic E-state index is -0.902. The molecule has 0 N–H and O–H groups in total. The van der Waals surface area contributed by atoms with E-state index in [2.05, 4.69) is 4.98 Å². The molecule has 4 rings (SSSR count). The van der Waals surface area contributed by atoms with Crippen LogP contribution in [0.3, 0.4) is 0 Å². The number of rotatable bonds is 2. The molecule has 0 heterocycles. The van der Waals surface area contributed by atoms with Gasteiger partial charge in [0.1, 0.15) is 0 Å². The van der Waals surface area contributed by atoms with E-state index in [0.717, 1.165) is 37.5 Å². The molecule has 4 heteroatoms. The van der Waals surface area contributed by atoms with Gasteiger partial charge in [-0.2, -0.15) is 0 Å². The van der Waals surface area contributed by atoms with Gasteiger partial charge in [-0.25, -0.2) is 0 Å². The Hall–Kier alpha value is -1.11. The number of hydrogen-bond donors (Lipinski definition) is 0. The van der Waals surface area contributed by atoms with Crippen molar-refractivity contribution in [1.29, 1.82) is 5.39 Å². The van der Waals surface area contributed by atoms with Gasteiger partial charge in [0.05, 0.1) is 11.8 Å². The molecule has 4 aliphatic rings. The molecule has 0 aromatic heterocycles. The molecule has 17 heavy (non-hydrogen) atoms. The van der Waals surface area contributed by atoms with Gasteiger partial charge in [-0.3, -0.25) is 4.79 Å². The summed E-state index contributed by atoms with van der Waals surface area (Å²) < 4.78 is 5.56. The molecule has 4 fully saturated rings. The zero-order valence-corrected chi connectivity index (χ0v) is 10.3. The number of hydrogen-bond acceptors (Lipinski definition) is 3. The van der Waals surface area contributed by atoms with Gasteiger partial charge >= 0.3 is 11.7 Å². The predicted octanol–water partition coefficient (Wildman–Crippen LogP) is 2.95. The maximum absolute atomic E-state index is 11.6. The molecular weight excluding hydrogens is 216 g/mol. The first kappa shape index (κ1) is 11.0. The Morgan fingerprint density at radius 3 is 2.18 bits per heavy atom. The predicted molar refractivity (Wildman–Crippen MR) is 61.2 cm³/mol. The lowest BCUT2D eigenvalue weighted by atomic mass is 9.52. The average molecular weight is 235 g/mol. The summed E-state index contributed by atoms with van der Waals surface area (Å²) in [5, 5.41) is 9.44. The molecule has 0 atom stereocenters. The summed E-state index contributed by atoms with van der Waals surface area (Å²) in [7, 11) is 0. The van der Waals surface area contributed by atoms with Gasteiger partial charge in [0, 0.05) is 6.42 Å². The topological polar surface area (TPSA) is 54.5 Å². The highest BCUT2D eigenvalue weighted by Crippen LogP contribution is 2.60. The maximum Gasteiger partial charge on any atom is 0.472 e. The van der Waals surface area contributed by atoms with Crippen molar-refractivity contribution in [3.63, 3.8) is 0 Å². The van der Waals surface area contributed by atoms with Crippen molar-refractivity contribution in [2.24, 2.45) is 23.7 Å². The quantitative estimate of drug-likeness (QED) is 0.546. The standard InChI is InChI=1S/C13H19N2O2/c1-2-12(16)17-13(15-14)10-4-8-3-9(6-10)7-11(13)5-8/h8-11H,2-7H2,1H3/q+1. The highest BCUT2D eigenvalue weighted by Gasteiger charge is 2.69. The summed E-state index contributed by atoms with van der Waals surface area (Å²) in [6.45, 7) is 1.78. The van der Waals surface area contributed by atoms with Gasteiger partial charge in [-0.15, -0.1) is 0 Å². The van der Waals surface area contributed by atoms with Crippen molar-refractivity contribution in [2.75, 3.05) is 0 Å². The number of nitrogens with zero attached hydrogens (tertiary/aromatic N) is 2. The third-order valence-corrected chi connectivity index (χ3v) is 5.03. The number of carbonyl (C=O) groups is 1. The second-order valence-corrected chi connectivity index (χ2v) is 5.98. The molecule has 0 unspecified atom stereocenters. The van der Waals surface area contributed by atoms with Crippen molar-refractivity contribution in [3.8, 4) is 0 Å². The Labute approximate surface area is 101 Å². The second kappa shape index (κ2) is 3.69. The summed E-state index contributed by atoms with van der Waals surface area (Å²) >= 11 is 0. The summed E-state index contributed by atoms with van der Waals surface area (Å²) in [5.41, 5.74) is -0.902. The van der Waals surface area contributed by atoms with E-state index in [0.29, 0.717) is 6.42 Å². The molecular formula is C13H19N2O2+. The Morgan fingerprint density at radius 2 is 1.76 bits per heavy atom. The van der Waals surface area contributed by atoms with Crippen molar-refractivity contribution in [3.05, 3.63) is 4.98 Å². The lowest BCUT2D eigenvalue weighted by Crippen LogP contribution is -2.57. The summed E-state index contributed by atoms with van der Waals surface area (Å²) in [6.07, 6.45) is 5.93. The molecule has 4 bridgehead atoms. The molecule has 4 aliphatic carbocycles. The van der Waals surface area contributed by atoms with Gasteiger partial charge in [-0.05, 0) is 43.9 Å². The maximum atomic E-state index is 11.6. The van der Waals surface area contributed by atoms with E-state index in [1.54, 1.807) is 6.92 Å². The van der Waals surface area contributed by atoms with Crippen LogP contribution in [-0.2, 0) is 9.53 Å². The smallest absolute Gasteiger partial charge is 0.383 e. The van der Waals surface area contributed by atoms with E-state index >= 15 is 0 Å². The molecule has 0 aliphatic heterocycles. The third kappa shape index (κ3) is 1.48. The van der Waals surface area contributed by atoms with Crippen LogP contribution in [0.4, 0.5) is 0 Å². The molecule has 0 spiro atoms. The largest absolute Gasteiger partial charge is 0.472 e. The summed E-state index contributed by atoms with van der Waals surface area (Å²) in [4.78, 5) is 15.1. The van der Waals surface area contributed by atoms with Crippen LogP contribution in [0.25, 0.3) is 4.98 Å². The Morgan fingerprint density at radius 1 is 1.24 bits per heavy atom. The van der Waals surface area contributed by atoms with Gasteiger partial charge < -0.3 is 4.74 Å². The SMILES string of the molecule is CCC(=O)OC1([N+]#N)C2CC3CC(C2)CC1C3. The molecule has 0 aromatic carbocycles. The van der Waals surface area contributed by atoms with E-state index in [1.165, 1.54) is 6.42 Å². The normalized spacial score (nSPS) is 46.6. The molecule has 92 valence electrons. The van der Waals surface area contributed by atoms with E-state index < -0.39 is 5.72 Å². The van der Waals surface area contributed by atoms with Gasteiger partial charge in [-0.1, -0.05) is 6.92 Å². The van der Waals surface area contributed by atoms with Crippen molar-refractivity contribution in [2.45, 2.75) is 51.2 Å². The van der Waals surface area contributed by atoms with Gasteiger partial charge in [0.25, 0.3) is 0 Å². The van der Waals surface area contributed by atoms with E-state index in [9.17, 15) is 10.2 Å². The second-order valence-electron chi connectivity index (χ2n) is 5.98. The van der Waals surface area contributed by atoms with Crippen LogP contribution < -0.4 is 0 Å². The van der Waals surface area contributed by atoms with E-state index in [1.807, 2.05) is 0 Å². The number of ether oxygens (including phenoxy) is 1. The molecule has 0 amide bonds. The average Bonchev–Trinajstić information content (AvgIpc) is 2.33. The summed E-state index contributed by atoms with van der Waals surface area (Å²) in [6, 6.07) is 0. The van der Waals surface area contributed by atoms with Crippen LogP contribution in [0.15, 0.2) is 0 Å². The number of esters is 1. The molecule has 4 nitrogen and oxygen atoms in total. The molecule has 4 saturated carbocycles. The van der Waals surface area contributed by atoms with Crippen LogP contribution in [0, 0.1) is 29.1 Å². The first-order chi connectivity index (χ1) is 8.18. The minimum Gasteiger partial charge on any atom is -0.383 e. The molecule has 0 radical (unpaired) electrons. The van der Waals surface area contributed by atoms with Crippen LogP contribution in [0.1, 0.15) is 45.4 Å². The molecule has 0 aromatic rings. The Kier molecular flexibility index (Phi) is 2.39. The highest BCUT2D eigenvalue weighted by molar-refractivity contribution is 5.69. The van der Waals surface area contributed by atoms with E-state index in [-0.39, 0.29) is 17.8 Å². The zero-order valence-electron chi connectivity index (χ0n) is 10.3. The highest BCUT2D eigenvalue weighted by atomic mass is 16.6. The Bertz CT molecular complexity index is 357. The van der Waals surface area contributed by atoms with Crippen molar-refractivity contribution in [1.82, 2.24) is 0 Å². The summed E-state index contributed by atoms with van der Waals surface area (Å²) in [5.74, 6) is 1.80.